The second-order valence-electron chi connectivity index (χ2n) is 7.02. The summed E-state index contributed by atoms with van der Waals surface area (Å²) in [6.45, 7) is 10.6. The average Bonchev–Trinajstić information content (AvgIpc) is 2.50. The number of hydrogen-bond donors (Lipinski definition) is 1. The van der Waals surface area contributed by atoms with Gasteiger partial charge in [-0.1, -0.05) is 20.4 Å². The zero-order valence-corrected chi connectivity index (χ0v) is 17.0. The third kappa shape index (κ3) is 12.0. The summed E-state index contributed by atoms with van der Waals surface area (Å²) in [5.74, 6) is -1.24. The molecular weight excluding hydrogens is 362 g/mol. The van der Waals surface area contributed by atoms with Crippen molar-refractivity contribution in [1.29, 1.82) is 0 Å². The van der Waals surface area contributed by atoms with E-state index in [2.05, 4.69) is 6.58 Å². The highest BCUT2D eigenvalue weighted by molar-refractivity contribution is 7.85. The van der Waals surface area contributed by atoms with Crippen molar-refractivity contribution in [2.75, 3.05) is 45.6 Å². The first-order valence-corrected chi connectivity index (χ1v) is 10.3. The Kier molecular flexibility index (Phi) is 10.7. The van der Waals surface area contributed by atoms with Gasteiger partial charge in [-0.3, -0.25) is 9.35 Å². The first kappa shape index (κ1) is 24.6. The molecule has 0 saturated heterocycles. The summed E-state index contributed by atoms with van der Waals surface area (Å²) in [7, 11) is -2.05. The van der Waals surface area contributed by atoms with Crippen molar-refractivity contribution in [3.63, 3.8) is 0 Å². The van der Waals surface area contributed by atoms with Gasteiger partial charge in [-0.15, -0.1) is 0 Å². The Hall–Kier alpha value is -1.45. The minimum absolute atomic E-state index is 0.179. The van der Waals surface area contributed by atoms with Gasteiger partial charge in [0.15, 0.2) is 0 Å². The summed E-state index contributed by atoms with van der Waals surface area (Å²) in [4.78, 5) is 23.1. The van der Waals surface area contributed by atoms with E-state index in [1.54, 1.807) is 20.8 Å². The van der Waals surface area contributed by atoms with Gasteiger partial charge in [0, 0.05) is 5.57 Å². The van der Waals surface area contributed by atoms with Crippen LogP contribution in [-0.4, -0.2) is 75.0 Å². The van der Waals surface area contributed by atoms with Gasteiger partial charge in [0.1, 0.15) is 26.3 Å². The molecule has 0 aliphatic rings. The number of likely N-dealkylation sites (N-methyl/N-ethyl adjacent to an activating group) is 1. The summed E-state index contributed by atoms with van der Waals surface area (Å²) in [5, 5.41) is 0. The first-order chi connectivity index (χ1) is 11.9. The summed E-state index contributed by atoms with van der Waals surface area (Å²) in [6.07, 6.45) is 0.882. The number of quaternary nitrogens is 1. The minimum Gasteiger partial charge on any atom is -0.459 e. The molecule has 8 nitrogen and oxygen atoms in total. The van der Waals surface area contributed by atoms with Crippen molar-refractivity contribution in [3.8, 4) is 0 Å². The lowest BCUT2D eigenvalue weighted by Gasteiger charge is -2.34. The number of nitrogens with zero attached hydrogens (tertiary/aromatic N) is 1. The lowest BCUT2D eigenvalue weighted by atomic mass is 10.2. The highest BCUT2D eigenvalue weighted by Crippen LogP contribution is 2.08. The Labute approximate surface area is 156 Å². The molecule has 0 spiro atoms. The fourth-order valence-corrected chi connectivity index (χ4v) is 2.70. The topological polar surface area (TPSA) is 107 Å². The summed E-state index contributed by atoms with van der Waals surface area (Å²) >= 11 is 0. The third-order valence-electron chi connectivity index (χ3n) is 3.91. The van der Waals surface area contributed by atoms with E-state index in [0.29, 0.717) is 42.5 Å². The molecule has 0 aromatic rings. The minimum atomic E-state index is -3.97. The van der Waals surface area contributed by atoms with Gasteiger partial charge < -0.3 is 14.0 Å². The Morgan fingerprint density at radius 1 is 1.08 bits per heavy atom. The number of ether oxygens (including phenoxy) is 2. The molecule has 0 bridgehead atoms. The second-order valence-corrected chi connectivity index (χ2v) is 8.59. The van der Waals surface area contributed by atoms with Crippen LogP contribution in [-0.2, 0) is 29.2 Å². The third-order valence-corrected chi connectivity index (χ3v) is 4.71. The Bertz CT molecular complexity index is 586. The second kappa shape index (κ2) is 11.3. The zero-order valence-electron chi connectivity index (χ0n) is 16.2. The lowest BCUT2D eigenvalue weighted by Crippen LogP contribution is -2.49. The normalized spacial score (nSPS) is 13.9. The van der Waals surface area contributed by atoms with E-state index in [4.69, 9.17) is 14.0 Å². The molecule has 1 unspecified atom stereocenters. The number of unbranched alkanes of at least 4 members (excludes halogenated alkanes) is 1. The molecule has 0 heterocycles. The number of esters is 2. The Morgan fingerprint density at radius 2 is 1.62 bits per heavy atom. The van der Waals surface area contributed by atoms with E-state index in [9.17, 15) is 18.0 Å². The van der Waals surface area contributed by atoms with Crippen molar-refractivity contribution < 1.29 is 36.5 Å². The van der Waals surface area contributed by atoms with E-state index in [1.165, 1.54) is 0 Å². The van der Waals surface area contributed by atoms with Crippen molar-refractivity contribution in [2.45, 2.75) is 33.6 Å². The highest BCUT2D eigenvalue weighted by atomic mass is 32.2. The fraction of sp³-hybridized carbons (Fsp3) is 0.765. The van der Waals surface area contributed by atoms with E-state index >= 15 is 0 Å². The van der Waals surface area contributed by atoms with Crippen LogP contribution in [0.25, 0.3) is 0 Å². The molecule has 1 N–H and O–H groups in total. The van der Waals surface area contributed by atoms with Crippen molar-refractivity contribution >= 4 is 22.1 Å². The van der Waals surface area contributed by atoms with Crippen LogP contribution >= 0.6 is 0 Å². The van der Waals surface area contributed by atoms with Gasteiger partial charge in [-0.25, -0.2) is 4.79 Å². The predicted molar refractivity (Wildman–Crippen MR) is 98.0 cm³/mol. The molecule has 0 aliphatic heterocycles. The number of hydrogen-bond acceptors (Lipinski definition) is 6. The highest BCUT2D eigenvalue weighted by Gasteiger charge is 2.23. The van der Waals surface area contributed by atoms with Crippen LogP contribution in [0.1, 0.15) is 33.6 Å². The van der Waals surface area contributed by atoms with Crippen LogP contribution in [0.3, 0.4) is 0 Å². The van der Waals surface area contributed by atoms with Gasteiger partial charge in [0.25, 0.3) is 10.1 Å². The molecule has 1 atom stereocenters. The van der Waals surface area contributed by atoms with Crippen LogP contribution in [0.2, 0.25) is 0 Å². The van der Waals surface area contributed by atoms with E-state index in [1.807, 2.05) is 7.05 Å². The number of carbonyl (C=O) groups excluding carboxylic acids is 2. The van der Waals surface area contributed by atoms with Crippen molar-refractivity contribution in [1.82, 2.24) is 0 Å². The monoisotopic (exact) mass is 394 g/mol. The molecular formula is C17H32NO7S+. The van der Waals surface area contributed by atoms with Crippen LogP contribution in [0.5, 0.6) is 0 Å². The first-order valence-electron chi connectivity index (χ1n) is 8.64. The summed E-state index contributed by atoms with van der Waals surface area (Å²) < 4.78 is 41.2. The molecule has 0 aliphatic carbocycles. The van der Waals surface area contributed by atoms with Gasteiger partial charge in [0.2, 0.25) is 0 Å². The quantitative estimate of drug-likeness (QED) is 0.165. The van der Waals surface area contributed by atoms with E-state index < -0.39 is 16.1 Å². The van der Waals surface area contributed by atoms with Crippen molar-refractivity contribution in [3.05, 3.63) is 12.2 Å². The molecule has 152 valence electrons. The van der Waals surface area contributed by atoms with Crippen molar-refractivity contribution in [2.24, 2.45) is 5.92 Å². The predicted octanol–water partition coefficient (Wildman–Crippen LogP) is 1.42. The van der Waals surface area contributed by atoms with E-state index in [0.717, 1.165) is 0 Å². The molecule has 0 radical (unpaired) electrons. The number of carbonyl (C=O) groups is 2. The van der Waals surface area contributed by atoms with Gasteiger partial charge >= 0.3 is 11.9 Å². The van der Waals surface area contributed by atoms with Gasteiger partial charge in [-0.2, -0.15) is 8.42 Å². The van der Waals surface area contributed by atoms with Crippen LogP contribution in [0, 0.1) is 5.92 Å². The maximum atomic E-state index is 11.6. The average molecular weight is 395 g/mol. The largest absolute Gasteiger partial charge is 0.459 e. The fourth-order valence-electron chi connectivity index (χ4n) is 2.13. The van der Waals surface area contributed by atoms with Crippen LogP contribution in [0.4, 0.5) is 0 Å². The molecule has 0 rings (SSSR count). The summed E-state index contributed by atoms with van der Waals surface area (Å²) in [6, 6.07) is 0. The molecule has 0 aromatic carbocycles. The maximum absolute atomic E-state index is 11.6. The Balaban J connectivity index is 4.60. The Morgan fingerprint density at radius 3 is 2.08 bits per heavy atom. The smallest absolute Gasteiger partial charge is 0.333 e. The van der Waals surface area contributed by atoms with Gasteiger partial charge in [0.05, 0.1) is 25.3 Å². The summed E-state index contributed by atoms with van der Waals surface area (Å²) in [5.41, 5.74) is 0.318. The molecule has 0 fully saturated rings. The van der Waals surface area contributed by atoms with Crippen LogP contribution < -0.4 is 0 Å². The zero-order chi connectivity index (χ0) is 20.4. The molecule has 0 saturated carbocycles. The van der Waals surface area contributed by atoms with E-state index in [-0.39, 0.29) is 30.9 Å². The molecule has 9 heteroatoms. The lowest BCUT2D eigenvalue weighted by molar-refractivity contribution is -0.910. The van der Waals surface area contributed by atoms with Gasteiger partial charge in [-0.05, 0) is 19.8 Å². The van der Waals surface area contributed by atoms with Crippen LogP contribution in [0.15, 0.2) is 12.2 Å². The molecule has 0 amide bonds. The maximum Gasteiger partial charge on any atom is 0.333 e. The molecule has 26 heavy (non-hydrogen) atoms. The molecule has 0 aromatic heterocycles. The SMILES string of the molecule is C=C(C)C(=O)OCC[N+](C)(CCCCS(=O)(=O)O)CCOC(=O)C(C)C. The standard InChI is InChI=1S/C17H31NO7S/c1-14(2)16(19)24-11-9-18(5,8-6-7-13-26(21,22)23)10-12-25-17(20)15(3)4/h15H,1,6-13H2,2-5H3/p+1. The number of rotatable bonds is 13.